The van der Waals surface area contributed by atoms with Crippen molar-refractivity contribution in [1.82, 2.24) is 4.98 Å². The van der Waals surface area contributed by atoms with Gasteiger partial charge in [0.05, 0.1) is 12.8 Å². The maximum Gasteiger partial charge on any atom is 0.240 e. The summed E-state index contributed by atoms with van der Waals surface area (Å²) in [5.41, 5.74) is 4.65. The molecule has 0 amide bonds. The van der Waals surface area contributed by atoms with E-state index in [-0.39, 0.29) is 0 Å². The first-order chi connectivity index (χ1) is 9.71. The van der Waals surface area contributed by atoms with Gasteiger partial charge in [0.2, 0.25) is 12.0 Å². The van der Waals surface area contributed by atoms with Gasteiger partial charge in [0.15, 0.2) is 0 Å². The van der Waals surface area contributed by atoms with Gasteiger partial charge >= 0.3 is 0 Å². The third-order valence-electron chi connectivity index (χ3n) is 3.28. The van der Waals surface area contributed by atoms with Crippen LogP contribution in [0.2, 0.25) is 0 Å². The number of aliphatic imine (C=N–C) groups is 1. The van der Waals surface area contributed by atoms with Crippen LogP contribution in [0.25, 0.3) is 11.1 Å². The molecule has 0 unspecified atom stereocenters. The largest absolute Gasteiger partial charge is 0.481 e. The van der Waals surface area contributed by atoms with Crippen molar-refractivity contribution in [1.29, 1.82) is 0 Å². The van der Waals surface area contributed by atoms with Gasteiger partial charge in [-0.15, -0.1) is 0 Å². The monoisotopic (exact) mass is 268 g/mol. The van der Waals surface area contributed by atoms with E-state index in [4.69, 9.17) is 4.74 Å². The van der Waals surface area contributed by atoms with Crippen LogP contribution in [0, 0.1) is 6.92 Å². The smallest absolute Gasteiger partial charge is 0.240 e. The SMILES string of the molecule is CCc1c(C)ccc(-c2ccnc(OC)c2)c1N=C=O. The molecule has 1 aromatic heterocycles. The average molecular weight is 268 g/mol. The highest BCUT2D eigenvalue weighted by Crippen LogP contribution is 2.36. The minimum Gasteiger partial charge on any atom is -0.481 e. The first-order valence-electron chi connectivity index (χ1n) is 6.42. The standard InChI is InChI=1S/C16H16N2O2/c1-4-13-11(2)5-6-14(16(13)18-10-19)12-7-8-17-15(9-12)20-3/h5-9H,4H2,1-3H3. The molecule has 0 aliphatic heterocycles. The summed E-state index contributed by atoms with van der Waals surface area (Å²) in [7, 11) is 1.57. The molecule has 0 saturated carbocycles. The molecule has 1 heterocycles. The van der Waals surface area contributed by atoms with Crippen LogP contribution >= 0.6 is 0 Å². The van der Waals surface area contributed by atoms with E-state index in [9.17, 15) is 4.79 Å². The van der Waals surface area contributed by atoms with E-state index in [1.807, 2.05) is 38.1 Å². The normalized spacial score (nSPS) is 9.95. The van der Waals surface area contributed by atoms with Crippen molar-refractivity contribution in [2.45, 2.75) is 20.3 Å². The fraction of sp³-hybridized carbons (Fsp3) is 0.250. The molecule has 0 fully saturated rings. The van der Waals surface area contributed by atoms with E-state index >= 15 is 0 Å². The Morgan fingerprint density at radius 2 is 2.15 bits per heavy atom. The number of aryl methyl sites for hydroxylation is 1. The van der Waals surface area contributed by atoms with Gasteiger partial charge in [-0.05, 0) is 36.1 Å². The molecule has 1 aromatic carbocycles. The number of isocyanates is 1. The summed E-state index contributed by atoms with van der Waals surface area (Å²) >= 11 is 0. The Morgan fingerprint density at radius 1 is 1.35 bits per heavy atom. The maximum atomic E-state index is 10.7. The molecule has 4 nitrogen and oxygen atoms in total. The molecule has 2 aromatic rings. The third kappa shape index (κ3) is 2.60. The van der Waals surface area contributed by atoms with Crippen molar-refractivity contribution >= 4 is 11.8 Å². The number of nitrogens with zero attached hydrogens (tertiary/aromatic N) is 2. The minimum absolute atomic E-state index is 0.530. The molecule has 0 aliphatic rings. The highest BCUT2D eigenvalue weighted by molar-refractivity contribution is 5.80. The summed E-state index contributed by atoms with van der Waals surface area (Å²) in [6, 6.07) is 7.69. The fourth-order valence-electron chi connectivity index (χ4n) is 2.28. The van der Waals surface area contributed by atoms with Gasteiger partial charge < -0.3 is 4.74 Å². The lowest BCUT2D eigenvalue weighted by atomic mass is 9.96. The molecule has 0 atom stereocenters. The Bertz CT molecular complexity index is 674. The number of carbonyl (C=O) groups excluding carboxylic acids is 1. The zero-order valence-corrected chi connectivity index (χ0v) is 11.8. The second-order valence-electron chi connectivity index (χ2n) is 4.40. The number of rotatable bonds is 4. The Kier molecular flexibility index (Phi) is 4.28. The lowest BCUT2D eigenvalue weighted by molar-refractivity contribution is 0.398. The van der Waals surface area contributed by atoms with E-state index in [1.54, 1.807) is 19.4 Å². The van der Waals surface area contributed by atoms with Crippen LogP contribution in [0.3, 0.4) is 0 Å². The molecule has 20 heavy (non-hydrogen) atoms. The molecule has 0 spiro atoms. The molecule has 0 bridgehead atoms. The number of hydrogen-bond acceptors (Lipinski definition) is 4. The topological polar surface area (TPSA) is 51.6 Å². The molecule has 0 saturated heterocycles. The molecular weight excluding hydrogens is 252 g/mol. The van der Waals surface area contributed by atoms with Crippen molar-refractivity contribution in [2.75, 3.05) is 7.11 Å². The van der Waals surface area contributed by atoms with Gasteiger partial charge in [-0.25, -0.2) is 9.78 Å². The average Bonchev–Trinajstić information content (AvgIpc) is 2.48. The van der Waals surface area contributed by atoms with E-state index in [2.05, 4.69) is 9.98 Å². The van der Waals surface area contributed by atoms with Crippen LogP contribution in [0.1, 0.15) is 18.1 Å². The lowest BCUT2D eigenvalue weighted by Crippen LogP contribution is -1.92. The summed E-state index contributed by atoms with van der Waals surface area (Å²) in [4.78, 5) is 18.7. The number of hydrogen-bond donors (Lipinski definition) is 0. The number of benzene rings is 1. The summed E-state index contributed by atoms with van der Waals surface area (Å²) in [5.74, 6) is 0.530. The summed E-state index contributed by atoms with van der Waals surface area (Å²) in [5, 5.41) is 0. The van der Waals surface area contributed by atoms with Crippen LogP contribution < -0.4 is 4.74 Å². The summed E-state index contributed by atoms with van der Waals surface area (Å²) in [6.45, 7) is 4.06. The third-order valence-corrected chi connectivity index (χ3v) is 3.28. The van der Waals surface area contributed by atoms with Crippen LogP contribution in [0.5, 0.6) is 5.88 Å². The fourth-order valence-corrected chi connectivity index (χ4v) is 2.28. The van der Waals surface area contributed by atoms with Crippen LogP contribution in [0.15, 0.2) is 35.5 Å². The zero-order chi connectivity index (χ0) is 14.5. The molecule has 0 aliphatic carbocycles. The predicted molar refractivity (Wildman–Crippen MR) is 78.1 cm³/mol. The molecule has 4 heteroatoms. The van der Waals surface area contributed by atoms with E-state index in [0.29, 0.717) is 11.6 Å². The van der Waals surface area contributed by atoms with Gasteiger partial charge in [-0.3, -0.25) is 0 Å². The van der Waals surface area contributed by atoms with Crippen LogP contribution in [-0.2, 0) is 11.2 Å². The molecular formula is C16H16N2O2. The predicted octanol–water partition coefficient (Wildman–Crippen LogP) is 3.60. The van der Waals surface area contributed by atoms with Gasteiger partial charge in [0, 0.05) is 17.8 Å². The first-order valence-corrected chi connectivity index (χ1v) is 6.42. The first kappa shape index (κ1) is 14.0. The van der Waals surface area contributed by atoms with Crippen molar-refractivity contribution in [2.24, 2.45) is 4.99 Å². The van der Waals surface area contributed by atoms with E-state index in [1.165, 1.54) is 0 Å². The Labute approximate surface area is 118 Å². The van der Waals surface area contributed by atoms with Crippen molar-refractivity contribution < 1.29 is 9.53 Å². The number of ether oxygens (including phenoxy) is 1. The number of methoxy groups -OCH3 is 1. The Morgan fingerprint density at radius 3 is 2.80 bits per heavy atom. The lowest BCUT2D eigenvalue weighted by Gasteiger charge is -2.12. The highest BCUT2D eigenvalue weighted by Gasteiger charge is 2.12. The van der Waals surface area contributed by atoms with Gasteiger partial charge in [0.1, 0.15) is 0 Å². The van der Waals surface area contributed by atoms with E-state index in [0.717, 1.165) is 28.7 Å². The second-order valence-corrected chi connectivity index (χ2v) is 4.40. The quantitative estimate of drug-likeness (QED) is 0.629. The number of pyridine rings is 1. The zero-order valence-electron chi connectivity index (χ0n) is 11.8. The summed E-state index contributed by atoms with van der Waals surface area (Å²) in [6.07, 6.45) is 4.14. The second kappa shape index (κ2) is 6.13. The van der Waals surface area contributed by atoms with Crippen molar-refractivity contribution in [3.8, 4) is 17.0 Å². The van der Waals surface area contributed by atoms with Crippen LogP contribution in [0.4, 0.5) is 5.69 Å². The van der Waals surface area contributed by atoms with Crippen LogP contribution in [-0.4, -0.2) is 18.2 Å². The highest BCUT2D eigenvalue weighted by atomic mass is 16.5. The van der Waals surface area contributed by atoms with Crippen molar-refractivity contribution in [3.63, 3.8) is 0 Å². The Balaban J connectivity index is 2.69. The summed E-state index contributed by atoms with van der Waals surface area (Å²) < 4.78 is 5.14. The Hall–Kier alpha value is -2.45. The van der Waals surface area contributed by atoms with Crippen molar-refractivity contribution in [3.05, 3.63) is 41.6 Å². The molecule has 102 valence electrons. The molecule has 2 rings (SSSR count). The molecule has 0 N–H and O–H groups in total. The minimum atomic E-state index is 0.530. The van der Waals surface area contributed by atoms with Gasteiger partial charge in [-0.1, -0.05) is 19.1 Å². The number of aromatic nitrogens is 1. The maximum absolute atomic E-state index is 10.7. The van der Waals surface area contributed by atoms with E-state index < -0.39 is 0 Å². The van der Waals surface area contributed by atoms with Gasteiger partial charge in [0.25, 0.3) is 0 Å². The molecule has 0 radical (unpaired) electrons. The van der Waals surface area contributed by atoms with Gasteiger partial charge in [-0.2, -0.15) is 4.99 Å².